The van der Waals surface area contributed by atoms with Crippen LogP contribution < -0.4 is 9.04 Å². The number of ether oxygens (including phenoxy) is 2. The number of rotatable bonds is 14. The van der Waals surface area contributed by atoms with Gasteiger partial charge in [0, 0.05) is 18.8 Å². The van der Waals surface area contributed by atoms with Crippen LogP contribution in [0.2, 0.25) is 0 Å². The van der Waals surface area contributed by atoms with E-state index in [1.165, 1.54) is 4.31 Å². The number of nitrogens with zero attached hydrogens (tertiary/aromatic N) is 1. The van der Waals surface area contributed by atoms with Crippen LogP contribution in [0.3, 0.4) is 0 Å². The summed E-state index contributed by atoms with van der Waals surface area (Å²) in [7, 11) is -3.93. The van der Waals surface area contributed by atoms with E-state index < -0.39 is 15.6 Å². The van der Waals surface area contributed by atoms with Gasteiger partial charge in [0.25, 0.3) is 10.0 Å². The van der Waals surface area contributed by atoms with E-state index in [2.05, 4.69) is 26.0 Å². The zero-order valence-corrected chi connectivity index (χ0v) is 31.2. The van der Waals surface area contributed by atoms with Crippen molar-refractivity contribution < 1.29 is 27.8 Å². The summed E-state index contributed by atoms with van der Waals surface area (Å²) < 4.78 is 41.5. The number of benzene rings is 3. The van der Waals surface area contributed by atoms with Gasteiger partial charge in [-0.2, -0.15) is 11.8 Å². The molecular formula is C41H49NO6S2. The Hall–Kier alpha value is -3.79. The standard InChI is InChI=1S/C41H49NO6S2/c1-5-47-39(43)19-16-33-14-17-36(18-15-33)42(50(45,46)38-13-8-6-7-10-30(38)2)29-34-11-9-12-35(28-34)40-31(3)26-37(27-32(40)4)48-23-20-41(44)21-24-49-25-22-41/h6-15,17-18,26-28,30,44H,5,16,19-25,29H2,1-4H3. The van der Waals surface area contributed by atoms with Crippen molar-refractivity contribution in [2.45, 2.75) is 71.9 Å². The highest BCUT2D eigenvalue weighted by atomic mass is 32.2. The Balaban J connectivity index is 1.40. The van der Waals surface area contributed by atoms with Gasteiger partial charge in [-0.1, -0.05) is 61.6 Å². The molecule has 1 atom stereocenters. The number of aliphatic hydroxyl groups is 1. The van der Waals surface area contributed by atoms with E-state index in [9.17, 15) is 18.3 Å². The highest BCUT2D eigenvalue weighted by Crippen LogP contribution is 2.35. The van der Waals surface area contributed by atoms with Crippen LogP contribution in [0.5, 0.6) is 5.75 Å². The van der Waals surface area contributed by atoms with Crippen molar-refractivity contribution in [3.63, 3.8) is 0 Å². The quantitative estimate of drug-likeness (QED) is 0.168. The fraction of sp³-hybridized carbons (Fsp3) is 0.390. The van der Waals surface area contributed by atoms with E-state index >= 15 is 0 Å². The number of esters is 1. The van der Waals surface area contributed by atoms with Gasteiger partial charge in [-0.25, -0.2) is 8.42 Å². The van der Waals surface area contributed by atoms with Crippen molar-refractivity contribution in [3.05, 3.63) is 118 Å². The van der Waals surface area contributed by atoms with Gasteiger partial charge in [-0.15, -0.1) is 0 Å². The minimum Gasteiger partial charge on any atom is -0.493 e. The topological polar surface area (TPSA) is 93.1 Å². The van der Waals surface area contributed by atoms with Crippen LogP contribution in [0, 0.1) is 19.8 Å². The Labute approximate surface area is 302 Å². The molecule has 0 bridgehead atoms. The molecule has 7 nitrogen and oxygen atoms in total. The molecule has 1 N–H and O–H groups in total. The summed E-state index contributed by atoms with van der Waals surface area (Å²) in [6.07, 6.45) is 12.0. The zero-order valence-electron chi connectivity index (χ0n) is 29.6. The van der Waals surface area contributed by atoms with Gasteiger partial charge in [-0.3, -0.25) is 9.10 Å². The summed E-state index contributed by atoms with van der Waals surface area (Å²) in [4.78, 5) is 12.2. The van der Waals surface area contributed by atoms with E-state index in [1.54, 1.807) is 19.1 Å². The predicted octanol–water partition coefficient (Wildman–Crippen LogP) is 8.48. The van der Waals surface area contributed by atoms with Gasteiger partial charge in [-0.05, 0) is 121 Å². The van der Waals surface area contributed by atoms with E-state index in [4.69, 9.17) is 9.47 Å². The number of thioether (sulfide) groups is 1. The van der Waals surface area contributed by atoms with Crippen LogP contribution in [0.15, 0.2) is 95.9 Å². The molecule has 1 fully saturated rings. The van der Waals surface area contributed by atoms with Crippen molar-refractivity contribution in [1.82, 2.24) is 0 Å². The van der Waals surface area contributed by atoms with Gasteiger partial charge in [0.15, 0.2) is 0 Å². The lowest BCUT2D eigenvalue weighted by molar-refractivity contribution is -0.143. The second-order valence-electron chi connectivity index (χ2n) is 13.2. The Kier molecular flexibility index (Phi) is 12.7. The predicted molar refractivity (Wildman–Crippen MR) is 205 cm³/mol. The average Bonchev–Trinajstić information content (AvgIpc) is 3.31. The number of allylic oxidation sites excluding steroid dienone is 6. The van der Waals surface area contributed by atoms with Crippen LogP contribution in [0.1, 0.15) is 61.8 Å². The number of hydrogen-bond acceptors (Lipinski definition) is 7. The number of hydrogen-bond donors (Lipinski definition) is 1. The largest absolute Gasteiger partial charge is 0.493 e. The normalized spacial score (nSPS) is 17.1. The molecular weight excluding hydrogens is 667 g/mol. The maximum atomic E-state index is 14.4. The summed E-state index contributed by atoms with van der Waals surface area (Å²) in [5.41, 5.74) is 5.88. The summed E-state index contributed by atoms with van der Waals surface area (Å²) >= 11 is 1.89. The molecule has 1 unspecified atom stereocenters. The maximum Gasteiger partial charge on any atom is 0.306 e. The third kappa shape index (κ3) is 9.50. The first-order valence-electron chi connectivity index (χ1n) is 17.4. The highest BCUT2D eigenvalue weighted by molar-refractivity contribution is 7.99. The van der Waals surface area contributed by atoms with Crippen molar-refractivity contribution in [2.24, 2.45) is 5.92 Å². The Morgan fingerprint density at radius 3 is 2.40 bits per heavy atom. The molecule has 1 aliphatic carbocycles. The lowest BCUT2D eigenvalue weighted by Gasteiger charge is -2.31. The number of aryl methyl sites for hydroxylation is 3. The van der Waals surface area contributed by atoms with Crippen LogP contribution in [-0.2, 0) is 32.5 Å². The van der Waals surface area contributed by atoms with Gasteiger partial charge in [0.1, 0.15) is 5.75 Å². The first-order chi connectivity index (χ1) is 24.0. The van der Waals surface area contributed by atoms with Crippen molar-refractivity contribution in [1.29, 1.82) is 0 Å². The summed E-state index contributed by atoms with van der Waals surface area (Å²) in [5, 5.41) is 10.9. The van der Waals surface area contributed by atoms with E-state index in [0.717, 1.165) is 63.5 Å². The maximum absolute atomic E-state index is 14.4. The van der Waals surface area contributed by atoms with Gasteiger partial charge in [0.2, 0.25) is 0 Å². The summed E-state index contributed by atoms with van der Waals surface area (Å²) in [6.45, 7) is 8.74. The summed E-state index contributed by atoms with van der Waals surface area (Å²) in [6, 6.07) is 19.5. The lowest BCUT2D eigenvalue weighted by atomic mass is 9.93. The molecule has 9 heteroatoms. The Bertz CT molecular complexity index is 1820. The van der Waals surface area contributed by atoms with Crippen molar-refractivity contribution in [3.8, 4) is 16.9 Å². The van der Waals surface area contributed by atoms with Crippen LogP contribution in [0.25, 0.3) is 11.1 Å². The molecule has 5 rings (SSSR count). The average molecular weight is 716 g/mol. The highest BCUT2D eigenvalue weighted by Gasteiger charge is 2.31. The minimum atomic E-state index is -3.93. The molecule has 0 saturated carbocycles. The van der Waals surface area contributed by atoms with Gasteiger partial charge in [0.05, 0.1) is 36.0 Å². The molecule has 0 amide bonds. The first kappa shape index (κ1) is 37.5. The van der Waals surface area contributed by atoms with Crippen molar-refractivity contribution >= 4 is 33.4 Å². The third-order valence-corrected chi connectivity index (χ3v) is 12.4. The molecule has 0 aromatic heterocycles. The van der Waals surface area contributed by atoms with Crippen molar-refractivity contribution in [2.75, 3.05) is 29.0 Å². The zero-order chi connectivity index (χ0) is 35.7. The minimum absolute atomic E-state index is 0.135. The molecule has 0 radical (unpaired) electrons. The van der Waals surface area contributed by atoms with E-state index in [0.29, 0.717) is 36.6 Å². The molecule has 266 valence electrons. The lowest BCUT2D eigenvalue weighted by Crippen LogP contribution is -2.35. The van der Waals surface area contributed by atoms with Gasteiger partial charge >= 0.3 is 5.97 Å². The van der Waals surface area contributed by atoms with Gasteiger partial charge < -0.3 is 14.6 Å². The molecule has 3 aromatic rings. The number of sulfonamides is 1. The Morgan fingerprint density at radius 1 is 0.980 bits per heavy atom. The second-order valence-corrected chi connectivity index (χ2v) is 16.3. The molecule has 1 aliphatic heterocycles. The number of carbonyl (C=O) groups is 1. The fourth-order valence-electron chi connectivity index (χ4n) is 6.58. The molecule has 1 heterocycles. The van der Waals surface area contributed by atoms with Crippen LogP contribution >= 0.6 is 11.8 Å². The molecule has 0 spiro atoms. The van der Waals surface area contributed by atoms with E-state index in [1.807, 2.05) is 85.4 Å². The Morgan fingerprint density at radius 2 is 1.70 bits per heavy atom. The molecule has 3 aromatic carbocycles. The number of anilines is 1. The van der Waals surface area contributed by atoms with Crippen LogP contribution in [0.4, 0.5) is 5.69 Å². The molecule has 2 aliphatic rings. The SMILES string of the molecule is CCOC(=O)CCc1ccc(N(Cc2cccc(-c3c(C)cc(OCCC4(O)CCSCC4)cc3C)c2)S(=O)(=O)C2=CC=CC=CC2C)cc1. The first-order valence-corrected chi connectivity index (χ1v) is 20.0. The smallest absolute Gasteiger partial charge is 0.306 e. The second kappa shape index (κ2) is 16.9. The molecule has 50 heavy (non-hydrogen) atoms. The summed E-state index contributed by atoms with van der Waals surface area (Å²) in [5.74, 6) is 2.21. The monoisotopic (exact) mass is 715 g/mol. The third-order valence-electron chi connectivity index (χ3n) is 9.37. The molecule has 1 saturated heterocycles. The fourth-order valence-corrected chi connectivity index (χ4v) is 9.60. The number of carbonyl (C=O) groups excluding carboxylic acids is 1. The van der Waals surface area contributed by atoms with E-state index in [-0.39, 0.29) is 24.9 Å². The van der Waals surface area contributed by atoms with Crippen LogP contribution in [-0.4, -0.2) is 49.8 Å².